The number of carbonyl (C=O) groups is 1. The summed E-state index contributed by atoms with van der Waals surface area (Å²) < 4.78 is 5.21. The summed E-state index contributed by atoms with van der Waals surface area (Å²) in [5.74, 6) is 1.38. The highest BCUT2D eigenvalue weighted by Crippen LogP contribution is 2.22. The van der Waals surface area contributed by atoms with Crippen LogP contribution >= 0.6 is 0 Å². The molecular formula is C21H26N2O2. The topological polar surface area (TPSA) is 32.8 Å². The van der Waals surface area contributed by atoms with Gasteiger partial charge in [0.25, 0.3) is 0 Å². The van der Waals surface area contributed by atoms with Crippen molar-refractivity contribution in [1.29, 1.82) is 0 Å². The number of rotatable bonds is 5. The van der Waals surface area contributed by atoms with Crippen molar-refractivity contribution in [2.24, 2.45) is 0 Å². The Kier molecular flexibility index (Phi) is 5.59. The van der Waals surface area contributed by atoms with Crippen LogP contribution in [0.15, 0.2) is 54.6 Å². The van der Waals surface area contributed by atoms with Crippen molar-refractivity contribution in [3.63, 3.8) is 0 Å². The summed E-state index contributed by atoms with van der Waals surface area (Å²) in [5.41, 5.74) is 2.42. The molecule has 1 aliphatic heterocycles. The lowest BCUT2D eigenvalue weighted by atomic mass is 9.97. The SMILES string of the molecule is COc1ccc(N2CCN(C(=O)CC(C)c3ccccc3)CC2)cc1. The standard InChI is InChI=1S/C21H26N2O2/c1-17(18-6-4-3-5-7-18)16-21(24)23-14-12-22(13-15-23)19-8-10-20(25-2)11-9-19/h3-11,17H,12-16H2,1-2H3. The number of hydrogen-bond donors (Lipinski definition) is 0. The number of anilines is 1. The van der Waals surface area contributed by atoms with Crippen molar-refractivity contribution in [1.82, 2.24) is 4.90 Å². The van der Waals surface area contributed by atoms with Gasteiger partial charge in [-0.15, -0.1) is 0 Å². The first-order chi connectivity index (χ1) is 12.2. The lowest BCUT2D eigenvalue weighted by Gasteiger charge is -2.36. The summed E-state index contributed by atoms with van der Waals surface area (Å²) in [5, 5.41) is 0. The van der Waals surface area contributed by atoms with E-state index in [1.165, 1.54) is 11.3 Å². The third-order valence-corrected chi connectivity index (χ3v) is 4.92. The number of amides is 1. The van der Waals surface area contributed by atoms with Crippen LogP contribution in [0.3, 0.4) is 0 Å². The van der Waals surface area contributed by atoms with Crippen molar-refractivity contribution in [3.05, 3.63) is 60.2 Å². The average molecular weight is 338 g/mol. The fraction of sp³-hybridized carbons (Fsp3) is 0.381. The van der Waals surface area contributed by atoms with Crippen LogP contribution in [0.4, 0.5) is 5.69 Å². The second-order valence-electron chi connectivity index (χ2n) is 6.58. The summed E-state index contributed by atoms with van der Waals surface area (Å²) in [4.78, 5) is 16.9. The largest absolute Gasteiger partial charge is 0.497 e. The fourth-order valence-electron chi connectivity index (χ4n) is 3.30. The number of methoxy groups -OCH3 is 1. The molecule has 0 bridgehead atoms. The molecule has 4 nitrogen and oxygen atoms in total. The molecule has 0 aromatic heterocycles. The Balaban J connectivity index is 1.52. The molecule has 1 unspecified atom stereocenters. The molecule has 0 radical (unpaired) electrons. The van der Waals surface area contributed by atoms with E-state index in [0.29, 0.717) is 6.42 Å². The van der Waals surface area contributed by atoms with Crippen LogP contribution in [0, 0.1) is 0 Å². The minimum absolute atomic E-state index is 0.255. The average Bonchev–Trinajstić information content (AvgIpc) is 2.69. The molecule has 1 fully saturated rings. The zero-order valence-corrected chi connectivity index (χ0v) is 15.0. The Bertz CT molecular complexity index is 677. The van der Waals surface area contributed by atoms with Crippen molar-refractivity contribution >= 4 is 11.6 Å². The van der Waals surface area contributed by atoms with Gasteiger partial charge >= 0.3 is 0 Å². The normalized spacial score (nSPS) is 15.8. The van der Waals surface area contributed by atoms with Crippen LogP contribution in [0.2, 0.25) is 0 Å². The zero-order valence-electron chi connectivity index (χ0n) is 15.0. The maximum absolute atomic E-state index is 12.6. The predicted octanol–water partition coefficient (Wildman–Crippen LogP) is 3.54. The van der Waals surface area contributed by atoms with E-state index in [1.54, 1.807) is 7.11 Å². The third-order valence-electron chi connectivity index (χ3n) is 4.92. The van der Waals surface area contributed by atoms with Crippen LogP contribution in [-0.2, 0) is 4.79 Å². The molecule has 0 saturated carbocycles. The summed E-state index contributed by atoms with van der Waals surface area (Å²) in [6.07, 6.45) is 0.576. The van der Waals surface area contributed by atoms with E-state index in [2.05, 4.69) is 36.1 Å². The second-order valence-corrected chi connectivity index (χ2v) is 6.58. The van der Waals surface area contributed by atoms with Crippen LogP contribution in [-0.4, -0.2) is 44.1 Å². The molecule has 1 heterocycles. The van der Waals surface area contributed by atoms with Gasteiger partial charge in [0.15, 0.2) is 0 Å². The molecule has 0 spiro atoms. The van der Waals surface area contributed by atoms with Crippen LogP contribution in [0.1, 0.15) is 24.8 Å². The maximum Gasteiger partial charge on any atom is 0.223 e. The highest BCUT2D eigenvalue weighted by molar-refractivity contribution is 5.77. The molecule has 25 heavy (non-hydrogen) atoms. The van der Waals surface area contributed by atoms with Gasteiger partial charge in [-0.05, 0) is 35.7 Å². The van der Waals surface area contributed by atoms with Crippen molar-refractivity contribution < 1.29 is 9.53 Å². The van der Waals surface area contributed by atoms with Gasteiger partial charge in [0.2, 0.25) is 5.91 Å². The number of piperazine rings is 1. The van der Waals surface area contributed by atoms with E-state index in [-0.39, 0.29) is 11.8 Å². The van der Waals surface area contributed by atoms with Crippen LogP contribution in [0.25, 0.3) is 0 Å². The van der Waals surface area contributed by atoms with Crippen LogP contribution < -0.4 is 9.64 Å². The molecule has 0 aliphatic carbocycles. The van der Waals surface area contributed by atoms with Crippen LogP contribution in [0.5, 0.6) is 5.75 Å². The number of hydrogen-bond acceptors (Lipinski definition) is 3. The van der Waals surface area contributed by atoms with Gasteiger partial charge in [-0.3, -0.25) is 4.79 Å². The fourth-order valence-corrected chi connectivity index (χ4v) is 3.30. The molecule has 2 aromatic rings. The summed E-state index contributed by atoms with van der Waals surface area (Å²) in [7, 11) is 1.68. The Labute approximate surface area is 150 Å². The molecule has 1 atom stereocenters. The molecule has 1 amide bonds. The first-order valence-corrected chi connectivity index (χ1v) is 8.89. The van der Waals surface area contributed by atoms with Gasteiger partial charge in [-0.1, -0.05) is 37.3 Å². The molecular weight excluding hydrogens is 312 g/mol. The number of ether oxygens (including phenoxy) is 1. The van der Waals surface area contributed by atoms with Crippen molar-refractivity contribution in [3.8, 4) is 5.75 Å². The predicted molar refractivity (Wildman–Crippen MR) is 101 cm³/mol. The highest BCUT2D eigenvalue weighted by atomic mass is 16.5. The minimum atomic E-state index is 0.255. The van der Waals surface area contributed by atoms with Gasteiger partial charge in [0.05, 0.1) is 7.11 Å². The molecule has 132 valence electrons. The molecule has 1 saturated heterocycles. The van der Waals surface area contributed by atoms with Gasteiger partial charge in [0, 0.05) is 38.3 Å². The smallest absolute Gasteiger partial charge is 0.223 e. The summed E-state index contributed by atoms with van der Waals surface area (Å²) in [6, 6.07) is 18.4. The quantitative estimate of drug-likeness (QED) is 0.836. The van der Waals surface area contributed by atoms with Crippen molar-refractivity contribution in [2.75, 3.05) is 38.2 Å². The second kappa shape index (κ2) is 8.06. The third kappa shape index (κ3) is 4.32. The molecule has 0 N–H and O–H groups in total. The molecule has 2 aromatic carbocycles. The first kappa shape index (κ1) is 17.3. The Morgan fingerprint density at radius 2 is 1.64 bits per heavy atom. The Hall–Kier alpha value is -2.49. The van der Waals surface area contributed by atoms with E-state index in [9.17, 15) is 4.79 Å². The van der Waals surface area contributed by atoms with E-state index in [1.807, 2.05) is 35.2 Å². The first-order valence-electron chi connectivity index (χ1n) is 8.89. The lowest BCUT2D eigenvalue weighted by molar-refractivity contribution is -0.131. The number of benzene rings is 2. The van der Waals surface area contributed by atoms with E-state index < -0.39 is 0 Å². The number of nitrogens with zero attached hydrogens (tertiary/aromatic N) is 2. The van der Waals surface area contributed by atoms with Crippen molar-refractivity contribution in [2.45, 2.75) is 19.3 Å². The summed E-state index contributed by atoms with van der Waals surface area (Å²) in [6.45, 7) is 5.44. The minimum Gasteiger partial charge on any atom is -0.497 e. The Morgan fingerprint density at radius 1 is 1.00 bits per heavy atom. The lowest BCUT2D eigenvalue weighted by Crippen LogP contribution is -2.49. The maximum atomic E-state index is 12.6. The highest BCUT2D eigenvalue weighted by Gasteiger charge is 2.22. The van der Waals surface area contributed by atoms with E-state index >= 15 is 0 Å². The monoisotopic (exact) mass is 338 g/mol. The van der Waals surface area contributed by atoms with Gasteiger partial charge in [-0.25, -0.2) is 0 Å². The molecule has 4 heteroatoms. The zero-order chi connectivity index (χ0) is 17.6. The molecule has 1 aliphatic rings. The van der Waals surface area contributed by atoms with E-state index in [0.717, 1.165) is 31.9 Å². The summed E-state index contributed by atoms with van der Waals surface area (Å²) >= 11 is 0. The number of carbonyl (C=O) groups excluding carboxylic acids is 1. The molecule has 3 rings (SSSR count). The van der Waals surface area contributed by atoms with Gasteiger partial charge in [-0.2, -0.15) is 0 Å². The van der Waals surface area contributed by atoms with Gasteiger partial charge in [0.1, 0.15) is 5.75 Å². The Morgan fingerprint density at radius 3 is 2.24 bits per heavy atom. The van der Waals surface area contributed by atoms with E-state index in [4.69, 9.17) is 4.74 Å². The van der Waals surface area contributed by atoms with Gasteiger partial charge < -0.3 is 14.5 Å².